The summed E-state index contributed by atoms with van der Waals surface area (Å²) in [6.45, 7) is 0.949. The number of aliphatic hydroxyl groups is 1. The van der Waals surface area contributed by atoms with E-state index in [1.807, 2.05) is 66.2 Å². The largest absolute Gasteiger partial charge is 0.493 e. The smallest absolute Gasteiger partial charge is 0.335 e. The molecule has 6 aromatic rings. The minimum atomic E-state index is -0.964. The maximum absolute atomic E-state index is 11.5. The van der Waals surface area contributed by atoms with Gasteiger partial charge in [-0.3, -0.25) is 0 Å². The molecule has 7 rings (SSSR count). The molecule has 0 unspecified atom stereocenters. The summed E-state index contributed by atoms with van der Waals surface area (Å²) in [6.07, 6.45) is 2.12. The van der Waals surface area contributed by atoms with Gasteiger partial charge in [0.15, 0.2) is 0 Å². The van der Waals surface area contributed by atoms with Gasteiger partial charge in [-0.2, -0.15) is 0 Å². The van der Waals surface area contributed by atoms with Crippen LogP contribution in [-0.2, 0) is 33.1 Å². The fourth-order valence-electron chi connectivity index (χ4n) is 5.93. The Kier molecular flexibility index (Phi) is 7.95. The van der Waals surface area contributed by atoms with Crippen LogP contribution in [0, 0.1) is 0 Å². The molecule has 8 heteroatoms. The van der Waals surface area contributed by atoms with Gasteiger partial charge in [-0.25, -0.2) is 14.8 Å². The molecule has 0 aliphatic carbocycles. The molecule has 0 saturated carbocycles. The van der Waals surface area contributed by atoms with Crippen LogP contribution in [-0.4, -0.2) is 37.3 Å². The van der Waals surface area contributed by atoms with Crippen molar-refractivity contribution in [2.75, 3.05) is 6.61 Å². The van der Waals surface area contributed by atoms with Crippen molar-refractivity contribution in [3.8, 4) is 34.0 Å². The predicted molar refractivity (Wildman–Crippen MR) is 176 cm³/mol. The quantitative estimate of drug-likeness (QED) is 0.216. The van der Waals surface area contributed by atoms with Crippen LogP contribution in [0.1, 0.15) is 44.9 Å². The van der Waals surface area contributed by atoms with Gasteiger partial charge in [-0.15, -0.1) is 0 Å². The highest BCUT2D eigenvalue weighted by Crippen LogP contribution is 2.31. The third-order valence-corrected chi connectivity index (χ3v) is 8.56. The van der Waals surface area contributed by atoms with Gasteiger partial charge < -0.3 is 24.3 Å². The lowest BCUT2D eigenvalue weighted by atomic mass is 9.96. The SMILES string of the molecule is Cn1c(Cc2ccc3cc2OCCCc2cc(-c4ccc(CO)cc4)ccc2COc2cccc-3n2)nc2ccc(C(=O)O)cc21. The third kappa shape index (κ3) is 5.95. The summed E-state index contributed by atoms with van der Waals surface area (Å²) in [4.78, 5) is 21.2. The number of aliphatic hydroxyl groups excluding tert-OH is 1. The molecule has 4 bridgehead atoms. The van der Waals surface area contributed by atoms with Crippen LogP contribution >= 0.6 is 0 Å². The van der Waals surface area contributed by atoms with E-state index in [9.17, 15) is 15.0 Å². The first-order chi connectivity index (χ1) is 22.4. The van der Waals surface area contributed by atoms with Gasteiger partial charge in [0.05, 0.1) is 35.5 Å². The third-order valence-electron chi connectivity index (χ3n) is 8.56. The van der Waals surface area contributed by atoms with Crippen molar-refractivity contribution in [1.29, 1.82) is 0 Å². The van der Waals surface area contributed by atoms with Gasteiger partial charge in [-0.1, -0.05) is 60.7 Å². The molecule has 0 saturated heterocycles. The van der Waals surface area contributed by atoms with E-state index in [2.05, 4.69) is 24.3 Å². The lowest BCUT2D eigenvalue weighted by molar-refractivity contribution is 0.0697. The Morgan fingerprint density at radius 3 is 2.50 bits per heavy atom. The zero-order chi connectivity index (χ0) is 31.6. The van der Waals surface area contributed by atoms with Crippen molar-refractivity contribution in [1.82, 2.24) is 14.5 Å². The molecule has 1 aliphatic rings. The summed E-state index contributed by atoms with van der Waals surface area (Å²) in [7, 11) is 1.91. The van der Waals surface area contributed by atoms with Gasteiger partial charge in [-0.05, 0) is 71.0 Å². The minimum absolute atomic E-state index is 0.0216. The van der Waals surface area contributed by atoms with Crippen molar-refractivity contribution in [2.24, 2.45) is 7.05 Å². The highest BCUT2D eigenvalue weighted by Gasteiger charge is 2.16. The van der Waals surface area contributed by atoms with E-state index in [1.54, 1.807) is 18.2 Å². The number of aromatic nitrogens is 3. The number of pyridine rings is 1. The van der Waals surface area contributed by atoms with Crippen LogP contribution < -0.4 is 9.47 Å². The lowest BCUT2D eigenvalue weighted by Gasteiger charge is -2.17. The molecule has 0 amide bonds. The molecule has 230 valence electrons. The summed E-state index contributed by atoms with van der Waals surface area (Å²) < 4.78 is 14.6. The van der Waals surface area contributed by atoms with E-state index in [-0.39, 0.29) is 12.2 Å². The number of fused-ring (bicyclic) bond motifs is 7. The van der Waals surface area contributed by atoms with Gasteiger partial charge in [0.2, 0.25) is 5.88 Å². The normalized spacial score (nSPS) is 12.9. The summed E-state index contributed by atoms with van der Waals surface area (Å²) in [5.41, 5.74) is 9.82. The zero-order valence-corrected chi connectivity index (χ0v) is 25.4. The number of benzene rings is 4. The Morgan fingerprint density at radius 1 is 0.848 bits per heavy atom. The first kappa shape index (κ1) is 29.3. The minimum Gasteiger partial charge on any atom is -0.493 e. The molecule has 46 heavy (non-hydrogen) atoms. The van der Waals surface area contributed by atoms with Crippen molar-refractivity contribution in [3.63, 3.8) is 0 Å². The summed E-state index contributed by atoms with van der Waals surface area (Å²) in [6, 6.07) is 31.3. The molecule has 8 nitrogen and oxygen atoms in total. The fourth-order valence-corrected chi connectivity index (χ4v) is 5.93. The van der Waals surface area contributed by atoms with Crippen LogP contribution in [0.15, 0.2) is 97.1 Å². The van der Waals surface area contributed by atoms with Crippen molar-refractivity contribution in [3.05, 3.63) is 131 Å². The van der Waals surface area contributed by atoms with E-state index >= 15 is 0 Å². The Balaban J connectivity index is 1.20. The molecule has 4 aromatic carbocycles. The van der Waals surface area contributed by atoms with Crippen molar-refractivity contribution >= 4 is 17.0 Å². The molecule has 3 heterocycles. The molecule has 0 spiro atoms. The zero-order valence-electron chi connectivity index (χ0n) is 25.4. The van der Waals surface area contributed by atoms with Crippen LogP contribution in [0.4, 0.5) is 0 Å². The first-order valence-corrected chi connectivity index (χ1v) is 15.3. The number of aromatic carboxylic acids is 1. The number of carbonyl (C=O) groups is 1. The average Bonchev–Trinajstić information content (AvgIpc) is 3.40. The Bertz CT molecular complexity index is 2070. The van der Waals surface area contributed by atoms with E-state index in [0.29, 0.717) is 25.5 Å². The molecule has 0 fully saturated rings. The second-order valence-electron chi connectivity index (χ2n) is 11.5. The average molecular weight is 612 g/mol. The Hall–Kier alpha value is -5.47. The lowest BCUT2D eigenvalue weighted by Crippen LogP contribution is -2.07. The number of hydrogen-bond acceptors (Lipinski definition) is 6. The molecule has 0 atom stereocenters. The number of carboxylic acids is 1. The highest BCUT2D eigenvalue weighted by atomic mass is 16.5. The van der Waals surface area contributed by atoms with Crippen LogP contribution in [0.5, 0.6) is 11.6 Å². The standard InChI is InChI=1S/C38H33N3O5/c1-41-34-19-30(38(43)44)15-16-33(34)39-36(41)21-29-13-12-28-20-35(29)45-17-3-4-26-18-27(25-9-7-24(22-42)8-10-25)11-14-31(26)23-46-37-6-2-5-32(28)40-37/h2,5-16,18-20,42H,3-4,17,21-23H2,1H3,(H,43,44). The molecule has 2 N–H and O–H groups in total. The molecular formula is C38H33N3O5. The number of aryl methyl sites for hydroxylation is 2. The molecule has 0 radical (unpaired) electrons. The molecule has 2 aromatic heterocycles. The van der Waals surface area contributed by atoms with Gasteiger partial charge in [0.1, 0.15) is 18.2 Å². The van der Waals surface area contributed by atoms with E-state index in [1.165, 1.54) is 5.56 Å². The number of hydrogen-bond donors (Lipinski definition) is 2. The molecular weight excluding hydrogens is 578 g/mol. The first-order valence-electron chi connectivity index (χ1n) is 15.3. The Labute approximate surface area is 266 Å². The monoisotopic (exact) mass is 611 g/mol. The van der Waals surface area contributed by atoms with Crippen LogP contribution in [0.25, 0.3) is 33.4 Å². The van der Waals surface area contributed by atoms with Crippen molar-refractivity contribution < 1.29 is 24.5 Å². The van der Waals surface area contributed by atoms with Crippen molar-refractivity contribution in [2.45, 2.75) is 32.5 Å². The van der Waals surface area contributed by atoms with Gasteiger partial charge in [0, 0.05) is 30.7 Å². The maximum Gasteiger partial charge on any atom is 0.335 e. The summed E-state index contributed by atoms with van der Waals surface area (Å²) in [5, 5.41) is 18.9. The summed E-state index contributed by atoms with van der Waals surface area (Å²) in [5.74, 6) is 1.16. The van der Waals surface area contributed by atoms with E-state index < -0.39 is 5.97 Å². The fraction of sp³-hybridized carbons (Fsp3) is 0.184. The number of nitrogens with zero attached hydrogens (tertiary/aromatic N) is 3. The topological polar surface area (TPSA) is 107 Å². The van der Waals surface area contributed by atoms with E-state index in [0.717, 1.165) is 74.5 Å². The number of carboxylic acid groups (broad SMARTS) is 1. The molecule has 1 aliphatic heterocycles. The highest BCUT2D eigenvalue weighted by molar-refractivity contribution is 5.92. The number of imidazole rings is 1. The second kappa shape index (κ2) is 12.5. The van der Waals surface area contributed by atoms with Gasteiger partial charge in [0.25, 0.3) is 0 Å². The maximum atomic E-state index is 11.5. The summed E-state index contributed by atoms with van der Waals surface area (Å²) >= 11 is 0. The second-order valence-corrected chi connectivity index (χ2v) is 11.5. The van der Waals surface area contributed by atoms with E-state index in [4.69, 9.17) is 19.4 Å². The van der Waals surface area contributed by atoms with Crippen LogP contribution in [0.2, 0.25) is 0 Å². The van der Waals surface area contributed by atoms with Gasteiger partial charge >= 0.3 is 5.97 Å². The number of rotatable bonds is 5. The Morgan fingerprint density at radius 2 is 1.67 bits per heavy atom. The number of ether oxygens (including phenoxy) is 2. The van der Waals surface area contributed by atoms with Crippen LogP contribution in [0.3, 0.4) is 0 Å². The predicted octanol–water partition coefficient (Wildman–Crippen LogP) is 6.99.